The Hall–Kier alpha value is -3.09. The molecule has 2 aromatic carbocycles. The number of carbonyl (C=O) groups is 1. The highest BCUT2D eigenvalue weighted by atomic mass is 19.1. The summed E-state index contributed by atoms with van der Waals surface area (Å²) in [7, 11) is 0. The van der Waals surface area contributed by atoms with Crippen molar-refractivity contribution in [3.63, 3.8) is 0 Å². The Balaban J connectivity index is 2.02. The average molecular weight is 286 g/mol. The maximum atomic E-state index is 13.6. The van der Waals surface area contributed by atoms with E-state index < -0.39 is 11.7 Å². The summed E-state index contributed by atoms with van der Waals surface area (Å²) in [6.45, 7) is 0. The van der Waals surface area contributed by atoms with E-state index in [1.807, 2.05) is 0 Å². The number of benzene rings is 2. The Morgan fingerprint density at radius 1 is 1.29 bits per heavy atom. The van der Waals surface area contributed by atoms with Gasteiger partial charge in [-0.3, -0.25) is 4.79 Å². The normalized spacial score (nSPS) is 10.7. The van der Waals surface area contributed by atoms with E-state index in [-0.39, 0.29) is 17.3 Å². The second kappa shape index (κ2) is 4.78. The molecule has 7 heteroatoms. The first-order valence-electron chi connectivity index (χ1n) is 6.06. The lowest BCUT2D eigenvalue weighted by Crippen LogP contribution is -2.14. The Kier molecular flexibility index (Phi) is 2.94. The van der Waals surface area contributed by atoms with Crippen LogP contribution in [-0.4, -0.2) is 15.9 Å². The number of halogens is 1. The third kappa shape index (κ3) is 2.36. The average Bonchev–Trinajstić information content (AvgIpc) is 2.79. The second-order valence-electron chi connectivity index (χ2n) is 4.40. The van der Waals surface area contributed by atoms with Crippen LogP contribution in [0.15, 0.2) is 36.4 Å². The van der Waals surface area contributed by atoms with Crippen LogP contribution in [0.3, 0.4) is 0 Å². The zero-order valence-corrected chi connectivity index (χ0v) is 10.8. The molecule has 106 valence electrons. The number of ether oxygens (including phenoxy) is 1. The van der Waals surface area contributed by atoms with Crippen molar-refractivity contribution in [2.24, 2.45) is 5.73 Å². The van der Waals surface area contributed by atoms with Crippen LogP contribution in [0.25, 0.3) is 11.0 Å². The summed E-state index contributed by atoms with van der Waals surface area (Å²) in [5, 5.41) is 0. The van der Waals surface area contributed by atoms with Gasteiger partial charge >= 0.3 is 0 Å². The minimum atomic E-state index is -0.913. The molecule has 1 heterocycles. The van der Waals surface area contributed by atoms with Crippen LogP contribution in [0, 0.1) is 5.82 Å². The fraction of sp³-hybridized carbons (Fsp3) is 0. The van der Waals surface area contributed by atoms with Crippen LogP contribution in [0.2, 0.25) is 0 Å². The van der Waals surface area contributed by atoms with Crippen molar-refractivity contribution in [1.82, 2.24) is 9.97 Å². The molecule has 0 aliphatic heterocycles. The maximum absolute atomic E-state index is 13.6. The van der Waals surface area contributed by atoms with Gasteiger partial charge in [0.05, 0.1) is 11.0 Å². The lowest BCUT2D eigenvalue weighted by Gasteiger charge is -2.06. The number of carbonyl (C=O) groups excluding carboxylic acids is 1. The number of anilines is 1. The summed E-state index contributed by atoms with van der Waals surface area (Å²) in [6, 6.07) is 9.20. The van der Waals surface area contributed by atoms with E-state index in [9.17, 15) is 9.18 Å². The summed E-state index contributed by atoms with van der Waals surface area (Å²) in [6.07, 6.45) is 0. The fourth-order valence-corrected chi connectivity index (χ4v) is 1.98. The van der Waals surface area contributed by atoms with Gasteiger partial charge in [0.1, 0.15) is 17.1 Å². The molecule has 1 amide bonds. The second-order valence-corrected chi connectivity index (χ2v) is 4.40. The summed E-state index contributed by atoms with van der Waals surface area (Å²) in [5.41, 5.74) is 12.4. The maximum Gasteiger partial charge on any atom is 0.300 e. The van der Waals surface area contributed by atoms with Crippen molar-refractivity contribution < 1.29 is 13.9 Å². The number of H-pyrrole nitrogens is 1. The third-order valence-electron chi connectivity index (χ3n) is 2.91. The Morgan fingerprint density at radius 3 is 2.86 bits per heavy atom. The first-order valence-corrected chi connectivity index (χ1v) is 6.06. The molecule has 0 aliphatic rings. The molecule has 6 nitrogen and oxygen atoms in total. The van der Waals surface area contributed by atoms with Crippen molar-refractivity contribution in [1.29, 1.82) is 0 Å². The van der Waals surface area contributed by atoms with Crippen LogP contribution in [0.1, 0.15) is 10.4 Å². The van der Waals surface area contributed by atoms with Crippen molar-refractivity contribution in [2.45, 2.75) is 0 Å². The molecule has 0 saturated carbocycles. The Bertz CT molecular complexity index is 844. The lowest BCUT2D eigenvalue weighted by atomic mass is 10.2. The number of primary amides is 1. The molecule has 0 saturated heterocycles. The Morgan fingerprint density at radius 2 is 2.10 bits per heavy atom. The van der Waals surface area contributed by atoms with E-state index in [0.717, 1.165) is 6.07 Å². The summed E-state index contributed by atoms with van der Waals surface area (Å²) >= 11 is 0. The van der Waals surface area contributed by atoms with Crippen LogP contribution in [0.5, 0.6) is 11.8 Å². The molecule has 0 unspecified atom stereocenters. The minimum Gasteiger partial charge on any atom is -0.425 e. The molecule has 0 bridgehead atoms. The topological polar surface area (TPSA) is 107 Å². The van der Waals surface area contributed by atoms with E-state index in [2.05, 4.69) is 9.97 Å². The van der Waals surface area contributed by atoms with Crippen molar-refractivity contribution in [2.75, 3.05) is 5.73 Å². The molecule has 0 spiro atoms. The summed E-state index contributed by atoms with van der Waals surface area (Å²) in [5.74, 6) is -1.67. The fourth-order valence-electron chi connectivity index (χ4n) is 1.98. The first kappa shape index (κ1) is 12.9. The zero-order chi connectivity index (χ0) is 15.0. The molecule has 3 aromatic rings. The number of nitrogens with one attached hydrogen (secondary N) is 1. The van der Waals surface area contributed by atoms with Crippen LogP contribution < -0.4 is 16.2 Å². The number of hydrogen-bond acceptors (Lipinski definition) is 4. The van der Waals surface area contributed by atoms with E-state index in [1.165, 1.54) is 12.1 Å². The summed E-state index contributed by atoms with van der Waals surface area (Å²) < 4.78 is 19.1. The number of nitrogens with zero attached hydrogens (tertiary/aromatic N) is 1. The van der Waals surface area contributed by atoms with Gasteiger partial charge in [-0.05, 0) is 30.3 Å². The van der Waals surface area contributed by atoms with E-state index in [4.69, 9.17) is 16.2 Å². The Labute approximate surface area is 118 Å². The van der Waals surface area contributed by atoms with Crippen LogP contribution in [0.4, 0.5) is 10.1 Å². The number of hydrogen-bond donors (Lipinski definition) is 3. The SMILES string of the molecule is NC(=O)c1c(F)cccc1Oc1nc2ccc(N)cc2[nH]1. The lowest BCUT2D eigenvalue weighted by molar-refractivity contribution is 0.0994. The number of nitrogens with two attached hydrogens (primary N) is 2. The molecule has 0 atom stereocenters. The molecular formula is C14H11FN4O2. The zero-order valence-electron chi connectivity index (χ0n) is 10.8. The molecule has 0 radical (unpaired) electrons. The van der Waals surface area contributed by atoms with Gasteiger partial charge in [-0.25, -0.2) is 4.39 Å². The number of fused-ring (bicyclic) bond motifs is 1. The van der Waals surface area contributed by atoms with Gasteiger partial charge < -0.3 is 21.2 Å². The van der Waals surface area contributed by atoms with E-state index in [0.29, 0.717) is 16.7 Å². The van der Waals surface area contributed by atoms with Gasteiger partial charge in [-0.2, -0.15) is 4.98 Å². The van der Waals surface area contributed by atoms with Crippen molar-refractivity contribution in [3.8, 4) is 11.8 Å². The largest absolute Gasteiger partial charge is 0.425 e. The highest BCUT2D eigenvalue weighted by molar-refractivity contribution is 5.96. The smallest absolute Gasteiger partial charge is 0.300 e. The number of nitrogen functional groups attached to an aromatic ring is 1. The highest BCUT2D eigenvalue weighted by Crippen LogP contribution is 2.27. The minimum absolute atomic E-state index is 0.00507. The number of aromatic amines is 1. The van der Waals surface area contributed by atoms with Gasteiger partial charge in [-0.1, -0.05) is 6.07 Å². The molecule has 0 aliphatic carbocycles. The number of amides is 1. The molecular weight excluding hydrogens is 275 g/mol. The van der Waals surface area contributed by atoms with Gasteiger partial charge in [0.15, 0.2) is 0 Å². The standard InChI is InChI=1S/C14H11FN4O2/c15-8-2-1-3-11(12(8)13(17)20)21-14-18-9-5-4-7(16)6-10(9)19-14/h1-6H,16H2,(H2,17,20)(H,18,19). The van der Waals surface area contributed by atoms with Crippen LogP contribution >= 0.6 is 0 Å². The van der Waals surface area contributed by atoms with Gasteiger partial charge in [0.25, 0.3) is 11.9 Å². The highest BCUT2D eigenvalue weighted by Gasteiger charge is 2.17. The van der Waals surface area contributed by atoms with Crippen molar-refractivity contribution in [3.05, 3.63) is 47.8 Å². The molecule has 0 fully saturated rings. The molecule has 5 N–H and O–H groups in total. The molecule has 3 rings (SSSR count). The van der Waals surface area contributed by atoms with E-state index >= 15 is 0 Å². The quantitative estimate of drug-likeness (QED) is 0.641. The van der Waals surface area contributed by atoms with Gasteiger partial charge in [0.2, 0.25) is 0 Å². The summed E-state index contributed by atoms with van der Waals surface area (Å²) in [4.78, 5) is 18.4. The van der Waals surface area contributed by atoms with Crippen LogP contribution in [-0.2, 0) is 0 Å². The number of aromatic nitrogens is 2. The van der Waals surface area contributed by atoms with Crippen molar-refractivity contribution >= 4 is 22.6 Å². The van der Waals surface area contributed by atoms with Gasteiger partial charge in [-0.15, -0.1) is 0 Å². The van der Waals surface area contributed by atoms with E-state index in [1.54, 1.807) is 18.2 Å². The predicted molar refractivity (Wildman–Crippen MR) is 75.5 cm³/mol. The first-order chi connectivity index (χ1) is 10.0. The number of imidazole rings is 1. The monoisotopic (exact) mass is 286 g/mol. The van der Waals surface area contributed by atoms with Gasteiger partial charge in [0, 0.05) is 5.69 Å². The molecule has 21 heavy (non-hydrogen) atoms. The predicted octanol–water partition coefficient (Wildman–Crippen LogP) is 2.18. The molecule has 1 aromatic heterocycles. The number of rotatable bonds is 3. The third-order valence-corrected chi connectivity index (χ3v) is 2.91.